The molecule has 0 fully saturated rings. The molecule has 4 heteroatoms. The molecule has 24 heavy (non-hydrogen) atoms. The Morgan fingerprint density at radius 3 is 1.92 bits per heavy atom. The van der Waals surface area contributed by atoms with E-state index in [0.29, 0.717) is 10.8 Å². The van der Waals surface area contributed by atoms with Gasteiger partial charge in [-0.05, 0) is 22.8 Å². The van der Waals surface area contributed by atoms with Crippen molar-refractivity contribution >= 4 is 21.5 Å². The minimum Gasteiger partial charge on any atom is -0.192 e. The maximum atomic E-state index is 9.66. The van der Waals surface area contributed by atoms with Gasteiger partial charge in [-0.15, -0.1) is 0 Å². The molecule has 0 saturated heterocycles. The summed E-state index contributed by atoms with van der Waals surface area (Å²) < 4.78 is 0. The molecule has 0 aliphatic heterocycles. The fourth-order valence-corrected chi connectivity index (χ4v) is 3.18. The van der Waals surface area contributed by atoms with Gasteiger partial charge in [0.15, 0.2) is 0 Å². The third-order valence-corrected chi connectivity index (χ3v) is 4.23. The van der Waals surface area contributed by atoms with E-state index < -0.39 is 0 Å². The Kier molecular flexibility index (Phi) is 3.60. The van der Waals surface area contributed by atoms with Crippen LogP contribution in [0.5, 0.6) is 0 Å². The van der Waals surface area contributed by atoms with Gasteiger partial charge in [0.2, 0.25) is 0 Å². The van der Waals surface area contributed by atoms with E-state index in [4.69, 9.17) is 0 Å². The first-order valence-electron chi connectivity index (χ1n) is 7.36. The van der Waals surface area contributed by atoms with Gasteiger partial charge in [0.05, 0.1) is 22.3 Å². The lowest BCUT2D eigenvalue weighted by molar-refractivity contribution is 1.16. The minimum atomic E-state index is -0.0302. The quantitative estimate of drug-likeness (QED) is 0.634. The fraction of sp³-hybridized carbons (Fsp3) is 0.100. The number of rotatable bonds is 1. The van der Waals surface area contributed by atoms with E-state index in [1.165, 1.54) is 0 Å². The van der Waals surface area contributed by atoms with Gasteiger partial charge in [-0.1, -0.05) is 37.3 Å². The molecule has 0 spiro atoms. The Morgan fingerprint density at radius 2 is 1.33 bits per heavy atom. The van der Waals surface area contributed by atoms with Crippen molar-refractivity contribution in [1.82, 2.24) is 0 Å². The number of hydrogen-bond acceptors (Lipinski definition) is 4. The first-order valence-corrected chi connectivity index (χ1v) is 7.36. The molecule has 0 bridgehead atoms. The number of hydrogen-bond donors (Lipinski definition) is 0. The van der Waals surface area contributed by atoms with Gasteiger partial charge in [0, 0.05) is 10.8 Å². The Bertz CT molecular complexity index is 1180. The van der Waals surface area contributed by atoms with Crippen molar-refractivity contribution in [2.24, 2.45) is 0 Å². The fourth-order valence-electron chi connectivity index (χ4n) is 3.18. The van der Waals surface area contributed by atoms with Crippen LogP contribution in [0, 0.1) is 45.3 Å². The SMILES string of the molecule is CCc1cccc2ccc3c(C#N)c(C#N)c(C#N)c(C#N)c3c12. The maximum Gasteiger partial charge on any atom is 0.102 e. The Hall–Kier alpha value is -3.86. The highest BCUT2D eigenvalue weighted by Gasteiger charge is 2.21. The first-order chi connectivity index (χ1) is 11.7. The van der Waals surface area contributed by atoms with Crippen molar-refractivity contribution < 1.29 is 0 Å². The monoisotopic (exact) mass is 306 g/mol. The number of benzene rings is 3. The van der Waals surface area contributed by atoms with Crippen LogP contribution in [0.3, 0.4) is 0 Å². The van der Waals surface area contributed by atoms with Crippen LogP contribution in [0.1, 0.15) is 34.7 Å². The Morgan fingerprint density at radius 1 is 0.708 bits per heavy atom. The second kappa shape index (κ2) is 5.73. The van der Waals surface area contributed by atoms with Crippen LogP contribution in [-0.2, 0) is 6.42 Å². The summed E-state index contributed by atoms with van der Waals surface area (Å²) in [5.41, 5.74) is 1.29. The zero-order valence-electron chi connectivity index (χ0n) is 12.9. The van der Waals surface area contributed by atoms with Gasteiger partial charge >= 0.3 is 0 Å². The molecular formula is C20H10N4. The molecule has 3 aromatic rings. The van der Waals surface area contributed by atoms with E-state index in [1.54, 1.807) is 6.07 Å². The predicted molar refractivity (Wildman–Crippen MR) is 89.7 cm³/mol. The predicted octanol–water partition coefficient (Wildman–Crippen LogP) is 4.04. The largest absolute Gasteiger partial charge is 0.192 e. The van der Waals surface area contributed by atoms with E-state index in [9.17, 15) is 21.0 Å². The number of nitriles is 4. The van der Waals surface area contributed by atoms with Crippen LogP contribution in [0.2, 0.25) is 0 Å². The highest BCUT2D eigenvalue weighted by molar-refractivity contribution is 6.14. The van der Waals surface area contributed by atoms with Crippen molar-refractivity contribution in [2.75, 3.05) is 0 Å². The van der Waals surface area contributed by atoms with Crippen LogP contribution in [-0.4, -0.2) is 0 Å². The van der Waals surface area contributed by atoms with Gasteiger partial charge in [-0.3, -0.25) is 0 Å². The lowest BCUT2D eigenvalue weighted by atomic mass is 9.86. The molecular weight excluding hydrogens is 296 g/mol. The molecule has 0 saturated carbocycles. The average molecular weight is 306 g/mol. The second-order valence-corrected chi connectivity index (χ2v) is 5.30. The van der Waals surface area contributed by atoms with E-state index in [1.807, 2.05) is 49.4 Å². The van der Waals surface area contributed by atoms with Crippen molar-refractivity contribution in [3.63, 3.8) is 0 Å². The van der Waals surface area contributed by atoms with Crippen molar-refractivity contribution in [2.45, 2.75) is 13.3 Å². The van der Waals surface area contributed by atoms with Crippen LogP contribution in [0.4, 0.5) is 0 Å². The smallest absolute Gasteiger partial charge is 0.102 e. The number of fused-ring (bicyclic) bond motifs is 3. The summed E-state index contributed by atoms with van der Waals surface area (Å²) in [5, 5.41) is 41.0. The van der Waals surface area contributed by atoms with Gasteiger partial charge in [0.1, 0.15) is 24.3 Å². The molecule has 110 valence electrons. The molecule has 3 aromatic carbocycles. The van der Waals surface area contributed by atoms with Crippen molar-refractivity contribution in [3.8, 4) is 24.3 Å². The molecule has 4 nitrogen and oxygen atoms in total. The molecule has 0 atom stereocenters. The summed E-state index contributed by atoms with van der Waals surface area (Å²) in [7, 11) is 0. The van der Waals surface area contributed by atoms with E-state index in [2.05, 4.69) is 6.07 Å². The number of aryl methyl sites for hydroxylation is 1. The molecule has 0 N–H and O–H groups in total. The normalized spacial score (nSPS) is 9.88. The second-order valence-electron chi connectivity index (χ2n) is 5.30. The molecule has 0 amide bonds. The summed E-state index contributed by atoms with van der Waals surface area (Å²) >= 11 is 0. The highest BCUT2D eigenvalue weighted by atomic mass is 14.3. The van der Waals surface area contributed by atoms with E-state index >= 15 is 0 Å². The lowest BCUT2D eigenvalue weighted by Crippen LogP contribution is -1.99. The molecule has 0 aromatic heterocycles. The third-order valence-electron chi connectivity index (χ3n) is 4.23. The van der Waals surface area contributed by atoms with Gasteiger partial charge in [-0.25, -0.2) is 0 Å². The zero-order valence-corrected chi connectivity index (χ0v) is 12.9. The molecule has 0 heterocycles. The lowest BCUT2D eigenvalue weighted by Gasteiger charge is -2.13. The molecule has 0 unspecified atom stereocenters. The summed E-state index contributed by atoms with van der Waals surface area (Å²) in [4.78, 5) is 0. The summed E-state index contributed by atoms with van der Waals surface area (Å²) in [6, 6.07) is 17.4. The third kappa shape index (κ3) is 1.89. The number of nitrogens with zero attached hydrogens (tertiary/aromatic N) is 4. The average Bonchev–Trinajstić information content (AvgIpc) is 2.64. The molecule has 0 aliphatic carbocycles. The topological polar surface area (TPSA) is 95.2 Å². The highest BCUT2D eigenvalue weighted by Crippen LogP contribution is 2.36. The Balaban J connectivity index is 2.79. The zero-order chi connectivity index (χ0) is 17.3. The van der Waals surface area contributed by atoms with E-state index in [-0.39, 0.29) is 22.3 Å². The molecule has 3 rings (SSSR count). The van der Waals surface area contributed by atoms with E-state index in [0.717, 1.165) is 22.8 Å². The van der Waals surface area contributed by atoms with Crippen LogP contribution in [0.15, 0.2) is 30.3 Å². The van der Waals surface area contributed by atoms with Gasteiger partial charge in [0.25, 0.3) is 0 Å². The first kappa shape index (κ1) is 15.1. The van der Waals surface area contributed by atoms with Gasteiger partial charge in [-0.2, -0.15) is 21.0 Å². The standard InChI is InChI=1S/C20H10N4/c1-2-12-4-3-5-13-6-7-14-15(8-21)16(9-22)17(10-23)18(11-24)20(14)19(12)13/h3-7H,2H2,1H3. The Labute approximate surface area is 139 Å². The van der Waals surface area contributed by atoms with Crippen molar-refractivity contribution in [1.29, 1.82) is 21.0 Å². The van der Waals surface area contributed by atoms with Crippen LogP contribution < -0.4 is 0 Å². The van der Waals surface area contributed by atoms with Crippen molar-refractivity contribution in [3.05, 3.63) is 58.1 Å². The minimum absolute atomic E-state index is 0.0255. The maximum absolute atomic E-state index is 9.66. The molecule has 0 radical (unpaired) electrons. The molecule has 0 aliphatic rings. The summed E-state index contributed by atoms with van der Waals surface area (Å²) in [6.45, 7) is 2.01. The van der Waals surface area contributed by atoms with Crippen LogP contribution in [0.25, 0.3) is 21.5 Å². The van der Waals surface area contributed by atoms with Crippen LogP contribution >= 0.6 is 0 Å². The summed E-state index contributed by atoms with van der Waals surface area (Å²) in [5.74, 6) is 0. The summed E-state index contributed by atoms with van der Waals surface area (Å²) in [6.07, 6.45) is 0.755. The van der Waals surface area contributed by atoms with Gasteiger partial charge < -0.3 is 0 Å².